The van der Waals surface area contributed by atoms with Gasteiger partial charge in [-0.3, -0.25) is 4.79 Å². The first-order valence-electron chi connectivity index (χ1n) is 7.45. The maximum Gasteiger partial charge on any atom is 0.233 e. The molecular formula is C16H19N3O2S. The summed E-state index contributed by atoms with van der Waals surface area (Å²) in [5, 5.41) is 12.5. The Morgan fingerprint density at radius 3 is 3.05 bits per heavy atom. The highest BCUT2D eigenvalue weighted by molar-refractivity contribution is 7.15. The number of para-hydroxylation sites is 1. The summed E-state index contributed by atoms with van der Waals surface area (Å²) in [5.74, 6) is 1.16. The smallest absolute Gasteiger partial charge is 0.233 e. The molecule has 1 atom stereocenters. The van der Waals surface area contributed by atoms with Crippen LogP contribution in [0.25, 0.3) is 0 Å². The second kappa shape index (κ2) is 6.44. The van der Waals surface area contributed by atoms with Gasteiger partial charge in [0.2, 0.25) is 11.0 Å². The molecule has 0 aliphatic carbocycles. The van der Waals surface area contributed by atoms with Crippen molar-refractivity contribution in [2.45, 2.75) is 26.7 Å². The summed E-state index contributed by atoms with van der Waals surface area (Å²) in [5.41, 5.74) is 1.08. The second-order valence-electron chi connectivity index (χ2n) is 5.91. The Kier molecular flexibility index (Phi) is 4.38. The van der Waals surface area contributed by atoms with Gasteiger partial charge in [0.25, 0.3) is 0 Å². The minimum Gasteiger partial charge on any atom is -0.492 e. The number of nitrogens with zero attached hydrogens (tertiary/aromatic N) is 2. The average molecular weight is 317 g/mol. The van der Waals surface area contributed by atoms with Gasteiger partial charge in [-0.15, -0.1) is 10.2 Å². The van der Waals surface area contributed by atoms with E-state index in [0.29, 0.717) is 24.1 Å². The maximum atomic E-state index is 12.4. The minimum atomic E-state index is -0.188. The largest absolute Gasteiger partial charge is 0.492 e. The zero-order valence-electron chi connectivity index (χ0n) is 12.7. The number of rotatable bonds is 4. The van der Waals surface area contributed by atoms with Crippen LogP contribution in [0.1, 0.15) is 24.4 Å². The number of benzene rings is 1. The third kappa shape index (κ3) is 3.44. The van der Waals surface area contributed by atoms with E-state index < -0.39 is 0 Å². The molecule has 0 saturated carbocycles. The van der Waals surface area contributed by atoms with Crippen LogP contribution in [0.2, 0.25) is 0 Å². The first-order valence-corrected chi connectivity index (χ1v) is 8.27. The molecule has 0 bridgehead atoms. The molecule has 2 heterocycles. The van der Waals surface area contributed by atoms with E-state index >= 15 is 0 Å². The molecule has 0 spiro atoms. The monoisotopic (exact) mass is 317 g/mol. The molecule has 1 aliphatic rings. The fraction of sp³-hybridized carbons (Fsp3) is 0.438. The Morgan fingerprint density at radius 1 is 1.41 bits per heavy atom. The number of carbonyl (C=O) groups excluding carboxylic acids is 1. The zero-order chi connectivity index (χ0) is 15.5. The van der Waals surface area contributed by atoms with Crippen LogP contribution in [-0.2, 0) is 17.6 Å². The maximum absolute atomic E-state index is 12.4. The molecule has 6 heteroatoms. The first kappa shape index (κ1) is 15.0. The number of anilines is 1. The molecule has 0 radical (unpaired) electrons. The van der Waals surface area contributed by atoms with Crippen molar-refractivity contribution in [1.29, 1.82) is 0 Å². The number of hydrogen-bond donors (Lipinski definition) is 1. The lowest BCUT2D eigenvalue weighted by atomic mass is 9.96. The van der Waals surface area contributed by atoms with E-state index in [1.165, 1.54) is 11.3 Å². The second-order valence-corrected chi connectivity index (χ2v) is 6.97. The molecule has 1 aliphatic heterocycles. The van der Waals surface area contributed by atoms with Crippen molar-refractivity contribution in [3.63, 3.8) is 0 Å². The first-order chi connectivity index (χ1) is 10.6. The summed E-state index contributed by atoms with van der Waals surface area (Å²) in [6, 6.07) is 7.84. The molecule has 0 fully saturated rings. The fourth-order valence-electron chi connectivity index (χ4n) is 2.44. The summed E-state index contributed by atoms with van der Waals surface area (Å²) in [7, 11) is 0. The van der Waals surface area contributed by atoms with Gasteiger partial charge in [0.1, 0.15) is 17.4 Å². The van der Waals surface area contributed by atoms with E-state index in [-0.39, 0.29) is 11.8 Å². The van der Waals surface area contributed by atoms with Gasteiger partial charge in [-0.05, 0) is 24.0 Å². The molecule has 5 nitrogen and oxygen atoms in total. The van der Waals surface area contributed by atoms with Crippen LogP contribution in [0.15, 0.2) is 24.3 Å². The van der Waals surface area contributed by atoms with Gasteiger partial charge in [0.15, 0.2) is 0 Å². The van der Waals surface area contributed by atoms with Crippen LogP contribution < -0.4 is 10.1 Å². The molecule has 1 amide bonds. The molecular weight excluding hydrogens is 298 g/mol. The van der Waals surface area contributed by atoms with Crippen LogP contribution in [0, 0.1) is 11.8 Å². The van der Waals surface area contributed by atoms with Crippen molar-refractivity contribution in [1.82, 2.24) is 10.2 Å². The Morgan fingerprint density at radius 2 is 2.23 bits per heavy atom. The quantitative estimate of drug-likeness (QED) is 0.941. The van der Waals surface area contributed by atoms with Gasteiger partial charge in [-0.2, -0.15) is 0 Å². The Labute approximate surface area is 133 Å². The number of fused-ring (bicyclic) bond motifs is 1. The van der Waals surface area contributed by atoms with Crippen LogP contribution in [0.5, 0.6) is 5.75 Å². The number of hydrogen-bond acceptors (Lipinski definition) is 5. The summed E-state index contributed by atoms with van der Waals surface area (Å²) in [6.45, 7) is 4.67. The zero-order valence-corrected chi connectivity index (χ0v) is 13.5. The summed E-state index contributed by atoms with van der Waals surface area (Å²) < 4.78 is 5.66. The highest BCUT2D eigenvalue weighted by Gasteiger charge is 2.26. The number of aromatic nitrogens is 2. The van der Waals surface area contributed by atoms with Crippen molar-refractivity contribution >= 4 is 22.4 Å². The summed E-state index contributed by atoms with van der Waals surface area (Å²) >= 11 is 1.44. The van der Waals surface area contributed by atoms with Crippen LogP contribution in [0.3, 0.4) is 0 Å². The standard InChI is InChI=1S/C16H19N3O2S/c1-10(2)7-14-18-19-16(22-14)17-15(20)12-8-11-5-3-4-6-13(11)21-9-12/h3-6,10,12H,7-9H2,1-2H3,(H,17,19,20). The Hall–Kier alpha value is -1.95. The molecule has 22 heavy (non-hydrogen) atoms. The van der Waals surface area contributed by atoms with Crippen molar-refractivity contribution in [2.75, 3.05) is 11.9 Å². The Bertz CT molecular complexity index is 669. The summed E-state index contributed by atoms with van der Waals surface area (Å²) in [4.78, 5) is 12.4. The van der Waals surface area contributed by atoms with Crippen LogP contribution in [-0.4, -0.2) is 22.7 Å². The van der Waals surface area contributed by atoms with Gasteiger partial charge in [-0.25, -0.2) is 0 Å². The van der Waals surface area contributed by atoms with E-state index in [1.807, 2.05) is 24.3 Å². The van der Waals surface area contributed by atoms with Crippen molar-refractivity contribution in [2.24, 2.45) is 11.8 Å². The number of nitrogens with one attached hydrogen (secondary N) is 1. The highest BCUT2D eigenvalue weighted by Crippen LogP contribution is 2.28. The van der Waals surface area contributed by atoms with Gasteiger partial charge >= 0.3 is 0 Å². The predicted octanol–water partition coefficient (Wildman–Crippen LogP) is 2.93. The van der Waals surface area contributed by atoms with E-state index in [0.717, 1.165) is 22.7 Å². The molecule has 116 valence electrons. The van der Waals surface area contributed by atoms with E-state index in [4.69, 9.17) is 4.74 Å². The molecule has 3 rings (SSSR count). The Balaban J connectivity index is 1.62. The predicted molar refractivity (Wildman–Crippen MR) is 86.2 cm³/mol. The van der Waals surface area contributed by atoms with Gasteiger partial charge in [0.05, 0.1) is 5.92 Å². The van der Waals surface area contributed by atoms with E-state index in [9.17, 15) is 4.79 Å². The average Bonchev–Trinajstić information content (AvgIpc) is 2.93. The normalized spacial score (nSPS) is 17.0. The fourth-order valence-corrected chi connectivity index (χ4v) is 3.39. The molecule has 1 aromatic heterocycles. The van der Waals surface area contributed by atoms with Gasteiger partial charge in [-0.1, -0.05) is 43.4 Å². The minimum absolute atomic E-state index is 0.0539. The molecule has 0 saturated heterocycles. The third-order valence-electron chi connectivity index (χ3n) is 3.53. The number of ether oxygens (including phenoxy) is 1. The van der Waals surface area contributed by atoms with Crippen molar-refractivity contribution in [3.8, 4) is 5.75 Å². The van der Waals surface area contributed by atoms with Gasteiger partial charge < -0.3 is 10.1 Å². The highest BCUT2D eigenvalue weighted by atomic mass is 32.1. The molecule has 1 aromatic carbocycles. The van der Waals surface area contributed by atoms with Crippen molar-refractivity contribution < 1.29 is 9.53 Å². The lowest BCUT2D eigenvalue weighted by Crippen LogP contribution is -2.32. The van der Waals surface area contributed by atoms with Crippen molar-refractivity contribution in [3.05, 3.63) is 34.8 Å². The van der Waals surface area contributed by atoms with E-state index in [2.05, 4.69) is 29.4 Å². The molecule has 2 aromatic rings. The topological polar surface area (TPSA) is 64.1 Å². The lowest BCUT2D eigenvalue weighted by Gasteiger charge is -2.23. The molecule has 1 unspecified atom stereocenters. The molecule has 1 N–H and O–H groups in total. The lowest BCUT2D eigenvalue weighted by molar-refractivity contribution is -0.121. The number of amides is 1. The van der Waals surface area contributed by atoms with Crippen LogP contribution in [0.4, 0.5) is 5.13 Å². The number of carbonyl (C=O) groups is 1. The van der Waals surface area contributed by atoms with Crippen LogP contribution >= 0.6 is 11.3 Å². The SMILES string of the molecule is CC(C)Cc1nnc(NC(=O)C2COc3ccccc3C2)s1. The summed E-state index contributed by atoms with van der Waals surface area (Å²) in [6.07, 6.45) is 1.58. The third-order valence-corrected chi connectivity index (χ3v) is 4.39. The van der Waals surface area contributed by atoms with E-state index in [1.54, 1.807) is 0 Å². The van der Waals surface area contributed by atoms with Gasteiger partial charge in [0, 0.05) is 6.42 Å².